The van der Waals surface area contributed by atoms with E-state index in [9.17, 15) is 14.7 Å². The first-order valence-corrected chi connectivity index (χ1v) is 11.5. The number of unbranched alkanes of at least 4 members (excludes halogenated alkanes) is 1. The monoisotopic (exact) mass is 438 g/mol. The zero-order valence-corrected chi connectivity index (χ0v) is 19.4. The SMILES string of the molecule is CC(C)(C)c1ncc(C(CC(=O)O)CC(=O)CCCCc2ccc3c(n2)NCCC3)cn1. The Hall–Kier alpha value is -2.83. The molecule has 2 aromatic rings. The van der Waals surface area contributed by atoms with Gasteiger partial charge in [-0.15, -0.1) is 0 Å². The van der Waals surface area contributed by atoms with E-state index in [2.05, 4.69) is 27.4 Å². The molecule has 32 heavy (non-hydrogen) atoms. The van der Waals surface area contributed by atoms with Gasteiger partial charge in [-0.1, -0.05) is 26.8 Å². The summed E-state index contributed by atoms with van der Waals surface area (Å²) in [6, 6.07) is 4.23. The summed E-state index contributed by atoms with van der Waals surface area (Å²) >= 11 is 0. The van der Waals surface area contributed by atoms with Crippen molar-refractivity contribution in [2.75, 3.05) is 11.9 Å². The highest BCUT2D eigenvalue weighted by molar-refractivity contribution is 5.80. The van der Waals surface area contributed by atoms with Gasteiger partial charge in [0.05, 0.1) is 6.42 Å². The number of nitrogens with zero attached hydrogens (tertiary/aromatic N) is 3. The zero-order chi connectivity index (χ0) is 23.1. The molecule has 0 aromatic carbocycles. The Morgan fingerprint density at radius 3 is 2.56 bits per heavy atom. The molecule has 1 atom stereocenters. The Morgan fingerprint density at radius 1 is 1.12 bits per heavy atom. The number of hydrogen-bond acceptors (Lipinski definition) is 6. The van der Waals surface area contributed by atoms with E-state index in [1.807, 2.05) is 20.8 Å². The summed E-state index contributed by atoms with van der Waals surface area (Å²) in [5, 5.41) is 12.7. The lowest BCUT2D eigenvalue weighted by molar-refractivity contribution is -0.137. The average molecular weight is 439 g/mol. The predicted molar refractivity (Wildman–Crippen MR) is 124 cm³/mol. The molecule has 7 heteroatoms. The fourth-order valence-corrected chi connectivity index (χ4v) is 3.97. The highest BCUT2D eigenvalue weighted by atomic mass is 16.4. The zero-order valence-electron chi connectivity index (χ0n) is 19.4. The lowest BCUT2D eigenvalue weighted by atomic mass is 9.90. The Morgan fingerprint density at radius 2 is 1.88 bits per heavy atom. The van der Waals surface area contributed by atoms with Crippen molar-refractivity contribution in [2.24, 2.45) is 0 Å². The van der Waals surface area contributed by atoms with Crippen LogP contribution in [0.4, 0.5) is 5.82 Å². The maximum atomic E-state index is 12.6. The van der Waals surface area contributed by atoms with Crippen LogP contribution in [0, 0.1) is 0 Å². The molecule has 0 amide bonds. The van der Waals surface area contributed by atoms with Crippen molar-refractivity contribution in [1.82, 2.24) is 15.0 Å². The van der Waals surface area contributed by atoms with Crippen LogP contribution in [0.15, 0.2) is 24.5 Å². The number of rotatable bonds is 10. The van der Waals surface area contributed by atoms with E-state index in [0.717, 1.165) is 50.2 Å². The number of hydrogen-bond donors (Lipinski definition) is 2. The molecule has 3 heterocycles. The van der Waals surface area contributed by atoms with Gasteiger partial charge in [0.25, 0.3) is 0 Å². The Kier molecular flexibility index (Phi) is 7.94. The molecule has 0 saturated heterocycles. The molecule has 0 spiro atoms. The van der Waals surface area contributed by atoms with Gasteiger partial charge in [-0.3, -0.25) is 9.59 Å². The number of Topliss-reactive ketones (excluding diaryl/α,β-unsaturated/α-hetero) is 1. The Labute approximate surface area is 190 Å². The summed E-state index contributed by atoms with van der Waals surface area (Å²) in [5.41, 5.74) is 2.85. The molecule has 1 unspecified atom stereocenters. The standard InChI is InChI=1S/C25H34N4O3/c1-25(2,3)24-27-15-19(16-28-24)18(14-22(31)32)13-21(30)9-5-4-8-20-11-10-17-7-6-12-26-23(17)29-20/h10-11,15-16,18H,4-9,12-14H2,1-3H3,(H,26,29)(H,31,32). The van der Waals surface area contributed by atoms with Crippen molar-refractivity contribution in [3.8, 4) is 0 Å². The number of fused-ring (bicyclic) bond motifs is 1. The quantitative estimate of drug-likeness (QED) is 0.528. The number of anilines is 1. The third-order valence-corrected chi connectivity index (χ3v) is 5.80. The molecular weight excluding hydrogens is 404 g/mol. The molecule has 0 aliphatic carbocycles. The summed E-state index contributed by atoms with van der Waals surface area (Å²) in [5.74, 6) is 0.460. The minimum atomic E-state index is -0.921. The van der Waals surface area contributed by atoms with Crippen LogP contribution in [0.3, 0.4) is 0 Å². The van der Waals surface area contributed by atoms with Crippen LogP contribution >= 0.6 is 0 Å². The van der Waals surface area contributed by atoms with Crippen LogP contribution in [0.2, 0.25) is 0 Å². The topological polar surface area (TPSA) is 105 Å². The van der Waals surface area contributed by atoms with Gasteiger partial charge in [0.15, 0.2) is 0 Å². The summed E-state index contributed by atoms with van der Waals surface area (Å²) in [7, 11) is 0. The van der Waals surface area contributed by atoms with Gasteiger partial charge in [0.2, 0.25) is 0 Å². The van der Waals surface area contributed by atoms with Crippen LogP contribution < -0.4 is 5.32 Å². The van der Waals surface area contributed by atoms with E-state index in [1.165, 1.54) is 5.56 Å². The largest absolute Gasteiger partial charge is 0.481 e. The minimum Gasteiger partial charge on any atom is -0.481 e. The second-order valence-corrected chi connectivity index (χ2v) is 9.68. The van der Waals surface area contributed by atoms with E-state index in [-0.39, 0.29) is 24.0 Å². The summed E-state index contributed by atoms with van der Waals surface area (Å²) < 4.78 is 0. The molecular formula is C25H34N4O3. The molecule has 0 radical (unpaired) electrons. The second-order valence-electron chi connectivity index (χ2n) is 9.68. The Bertz CT molecular complexity index is 935. The molecule has 1 aliphatic heterocycles. The molecule has 3 rings (SSSR count). The number of nitrogens with one attached hydrogen (secondary N) is 1. The fourth-order valence-electron chi connectivity index (χ4n) is 3.97. The van der Waals surface area contributed by atoms with E-state index >= 15 is 0 Å². The average Bonchev–Trinajstić information content (AvgIpc) is 2.75. The molecule has 1 aliphatic rings. The van der Waals surface area contributed by atoms with Crippen molar-refractivity contribution in [1.29, 1.82) is 0 Å². The number of aryl methyl sites for hydroxylation is 2. The maximum absolute atomic E-state index is 12.6. The smallest absolute Gasteiger partial charge is 0.303 e. The number of carboxylic acid groups (broad SMARTS) is 1. The first-order valence-electron chi connectivity index (χ1n) is 11.5. The summed E-state index contributed by atoms with van der Waals surface area (Å²) in [4.78, 5) is 37.4. The Balaban J connectivity index is 1.50. The molecule has 2 N–H and O–H groups in total. The number of carbonyl (C=O) groups excluding carboxylic acids is 1. The van der Waals surface area contributed by atoms with Crippen LogP contribution in [0.5, 0.6) is 0 Å². The van der Waals surface area contributed by atoms with Crippen molar-refractivity contribution in [3.05, 3.63) is 47.2 Å². The number of carbonyl (C=O) groups is 2. The molecule has 2 aromatic heterocycles. The molecule has 0 bridgehead atoms. The third-order valence-electron chi connectivity index (χ3n) is 5.80. The molecule has 7 nitrogen and oxygen atoms in total. The first-order chi connectivity index (χ1) is 15.2. The van der Waals surface area contributed by atoms with E-state index in [0.29, 0.717) is 17.8 Å². The molecule has 0 saturated carbocycles. The normalized spacial score (nSPS) is 14.3. The summed E-state index contributed by atoms with van der Waals surface area (Å²) in [6.45, 7) is 7.04. The van der Waals surface area contributed by atoms with Gasteiger partial charge in [0, 0.05) is 48.8 Å². The number of pyridine rings is 1. The van der Waals surface area contributed by atoms with Crippen molar-refractivity contribution < 1.29 is 14.7 Å². The minimum absolute atomic E-state index is 0.0798. The first kappa shape index (κ1) is 23.8. The molecule has 0 fully saturated rings. The van der Waals surface area contributed by atoms with Gasteiger partial charge in [0.1, 0.15) is 17.4 Å². The lowest BCUT2D eigenvalue weighted by Gasteiger charge is -2.18. The van der Waals surface area contributed by atoms with Crippen molar-refractivity contribution in [2.45, 2.75) is 83.5 Å². The van der Waals surface area contributed by atoms with Crippen LogP contribution in [-0.4, -0.2) is 38.4 Å². The maximum Gasteiger partial charge on any atom is 0.303 e. The van der Waals surface area contributed by atoms with Gasteiger partial charge in [-0.25, -0.2) is 15.0 Å². The predicted octanol–water partition coefficient (Wildman–Crippen LogP) is 4.46. The number of carboxylic acids is 1. The highest BCUT2D eigenvalue weighted by Crippen LogP contribution is 2.26. The lowest BCUT2D eigenvalue weighted by Crippen LogP contribution is -2.17. The van der Waals surface area contributed by atoms with Crippen molar-refractivity contribution >= 4 is 17.6 Å². The fraction of sp³-hybridized carbons (Fsp3) is 0.560. The van der Waals surface area contributed by atoms with Gasteiger partial charge in [-0.05, 0) is 49.3 Å². The van der Waals surface area contributed by atoms with Gasteiger partial charge in [-0.2, -0.15) is 0 Å². The third kappa shape index (κ3) is 6.84. The second kappa shape index (κ2) is 10.7. The van der Waals surface area contributed by atoms with Gasteiger partial charge >= 0.3 is 5.97 Å². The number of aliphatic carboxylic acids is 1. The van der Waals surface area contributed by atoms with E-state index in [1.54, 1.807) is 12.4 Å². The summed E-state index contributed by atoms with van der Waals surface area (Å²) in [6.07, 6.45) is 8.59. The number of aromatic nitrogens is 3. The number of ketones is 1. The van der Waals surface area contributed by atoms with Crippen LogP contribution in [0.1, 0.15) is 87.9 Å². The van der Waals surface area contributed by atoms with Gasteiger partial charge < -0.3 is 10.4 Å². The van der Waals surface area contributed by atoms with Crippen LogP contribution in [-0.2, 0) is 27.8 Å². The van der Waals surface area contributed by atoms with Crippen LogP contribution in [0.25, 0.3) is 0 Å². The van der Waals surface area contributed by atoms with Crippen molar-refractivity contribution in [3.63, 3.8) is 0 Å². The molecule has 172 valence electrons. The highest BCUT2D eigenvalue weighted by Gasteiger charge is 2.22. The van der Waals surface area contributed by atoms with E-state index in [4.69, 9.17) is 4.98 Å². The van der Waals surface area contributed by atoms with E-state index < -0.39 is 11.9 Å².